The molecule has 2 aromatic heterocycles. The molecule has 7 nitrogen and oxygen atoms in total. The van der Waals surface area contributed by atoms with Crippen molar-refractivity contribution in [2.45, 2.75) is 0 Å². The number of hydrogen-bond acceptors (Lipinski definition) is 6. The van der Waals surface area contributed by atoms with Crippen LogP contribution in [0.5, 0.6) is 0 Å². The van der Waals surface area contributed by atoms with Crippen LogP contribution in [-0.4, -0.2) is 35.9 Å². The molecule has 0 aromatic carbocycles. The first-order chi connectivity index (χ1) is 10.2. The number of rotatable bonds is 2. The van der Waals surface area contributed by atoms with Crippen LogP contribution < -0.4 is 10.5 Å². The highest BCUT2D eigenvalue weighted by molar-refractivity contribution is 5.62. The molecule has 0 amide bonds. The fourth-order valence-electron chi connectivity index (χ4n) is 2.33. The maximum atomic E-state index is 12.4. The third-order valence-electron chi connectivity index (χ3n) is 3.43. The fraction of sp³-hybridized carbons (Fsp3) is 0.357. The van der Waals surface area contributed by atoms with Crippen molar-refractivity contribution in [3.8, 4) is 17.5 Å². The van der Waals surface area contributed by atoms with Crippen LogP contribution in [0.1, 0.15) is 5.56 Å². The molecular formula is C14H14N4O3. The zero-order valence-corrected chi connectivity index (χ0v) is 11.6. The summed E-state index contributed by atoms with van der Waals surface area (Å²) in [7, 11) is 1.62. The van der Waals surface area contributed by atoms with E-state index in [0.29, 0.717) is 38.0 Å². The average Bonchev–Trinajstić information content (AvgIpc) is 3.05. The third kappa shape index (κ3) is 2.30. The molecular weight excluding hydrogens is 272 g/mol. The lowest BCUT2D eigenvalue weighted by Gasteiger charge is -2.29. The normalized spacial score (nSPS) is 15.0. The van der Waals surface area contributed by atoms with E-state index in [0.717, 1.165) is 0 Å². The van der Waals surface area contributed by atoms with Crippen LogP contribution >= 0.6 is 0 Å². The van der Waals surface area contributed by atoms with Crippen molar-refractivity contribution in [3.63, 3.8) is 0 Å². The smallest absolute Gasteiger partial charge is 0.273 e. The Balaban J connectivity index is 2.18. The van der Waals surface area contributed by atoms with Crippen LogP contribution in [0.2, 0.25) is 0 Å². The van der Waals surface area contributed by atoms with Gasteiger partial charge in [0.05, 0.1) is 19.5 Å². The maximum Gasteiger partial charge on any atom is 0.273 e. The Morgan fingerprint density at radius 3 is 2.76 bits per heavy atom. The summed E-state index contributed by atoms with van der Waals surface area (Å²) >= 11 is 0. The Kier molecular flexibility index (Phi) is 3.46. The van der Waals surface area contributed by atoms with Crippen LogP contribution in [0, 0.1) is 11.3 Å². The second-order valence-corrected chi connectivity index (χ2v) is 4.69. The second kappa shape index (κ2) is 5.42. The molecule has 0 N–H and O–H groups in total. The molecule has 21 heavy (non-hydrogen) atoms. The number of nitrogens with zero attached hydrogens (tertiary/aromatic N) is 4. The lowest BCUT2D eigenvalue weighted by molar-refractivity contribution is 0.121. The standard InChI is InChI=1S/C14H14N4O3/c1-17-13(19)10(9-15)12(11-3-2-6-21-11)16-14(17)18-4-7-20-8-5-18/h2-3,6H,4-5,7-8H2,1H3. The Labute approximate surface area is 121 Å². The molecule has 0 radical (unpaired) electrons. The predicted octanol–water partition coefficient (Wildman–Crippen LogP) is 0.749. The van der Waals surface area contributed by atoms with Gasteiger partial charge in [0.25, 0.3) is 5.56 Å². The Bertz CT molecular complexity index is 737. The quantitative estimate of drug-likeness (QED) is 0.810. The number of anilines is 1. The van der Waals surface area contributed by atoms with E-state index in [1.54, 1.807) is 19.2 Å². The summed E-state index contributed by atoms with van der Waals surface area (Å²) in [6, 6.07) is 5.31. The Morgan fingerprint density at radius 1 is 1.38 bits per heavy atom. The van der Waals surface area contributed by atoms with E-state index in [4.69, 9.17) is 9.15 Å². The lowest BCUT2D eigenvalue weighted by atomic mass is 10.2. The molecule has 0 spiro atoms. The molecule has 0 atom stereocenters. The molecule has 7 heteroatoms. The van der Waals surface area contributed by atoms with Gasteiger partial charge in [-0.1, -0.05) is 0 Å². The van der Waals surface area contributed by atoms with Gasteiger partial charge in [0.1, 0.15) is 17.3 Å². The van der Waals surface area contributed by atoms with Gasteiger partial charge >= 0.3 is 0 Å². The topological polar surface area (TPSA) is 84.3 Å². The maximum absolute atomic E-state index is 12.4. The molecule has 108 valence electrons. The minimum atomic E-state index is -0.375. The van der Waals surface area contributed by atoms with E-state index in [-0.39, 0.29) is 16.8 Å². The molecule has 0 bridgehead atoms. The molecule has 1 aliphatic heterocycles. The molecule has 0 unspecified atom stereocenters. The van der Waals surface area contributed by atoms with Crippen molar-refractivity contribution in [3.05, 3.63) is 34.3 Å². The van der Waals surface area contributed by atoms with Crippen molar-refractivity contribution in [2.75, 3.05) is 31.2 Å². The zero-order chi connectivity index (χ0) is 14.8. The number of hydrogen-bond donors (Lipinski definition) is 0. The van der Waals surface area contributed by atoms with Crippen molar-refractivity contribution in [1.82, 2.24) is 9.55 Å². The number of aromatic nitrogens is 2. The number of furan rings is 1. The van der Waals surface area contributed by atoms with Crippen molar-refractivity contribution < 1.29 is 9.15 Å². The number of morpholine rings is 1. The van der Waals surface area contributed by atoms with Gasteiger partial charge in [0.15, 0.2) is 5.76 Å². The summed E-state index contributed by atoms with van der Waals surface area (Å²) < 4.78 is 12.0. The van der Waals surface area contributed by atoms with E-state index >= 15 is 0 Å². The van der Waals surface area contributed by atoms with Crippen LogP contribution in [0.4, 0.5) is 5.95 Å². The van der Waals surface area contributed by atoms with Gasteiger partial charge in [-0.2, -0.15) is 5.26 Å². The summed E-state index contributed by atoms with van der Waals surface area (Å²) in [5.74, 6) is 0.937. The SMILES string of the molecule is Cn1c(N2CCOCC2)nc(-c2ccco2)c(C#N)c1=O. The molecule has 0 aliphatic carbocycles. The monoisotopic (exact) mass is 286 g/mol. The molecule has 2 aromatic rings. The van der Waals surface area contributed by atoms with Crippen LogP contribution in [-0.2, 0) is 11.8 Å². The molecule has 3 heterocycles. The van der Waals surface area contributed by atoms with E-state index in [2.05, 4.69) is 4.98 Å². The third-order valence-corrected chi connectivity index (χ3v) is 3.43. The first-order valence-electron chi connectivity index (χ1n) is 6.60. The molecule has 3 rings (SSSR count). The Morgan fingerprint density at radius 2 is 2.14 bits per heavy atom. The largest absolute Gasteiger partial charge is 0.463 e. The van der Waals surface area contributed by atoms with E-state index in [9.17, 15) is 10.1 Å². The fourth-order valence-corrected chi connectivity index (χ4v) is 2.33. The van der Waals surface area contributed by atoms with Gasteiger partial charge in [-0.3, -0.25) is 9.36 Å². The van der Waals surface area contributed by atoms with Gasteiger partial charge in [-0.05, 0) is 12.1 Å². The number of ether oxygens (including phenoxy) is 1. The first-order valence-corrected chi connectivity index (χ1v) is 6.60. The van der Waals surface area contributed by atoms with E-state index < -0.39 is 0 Å². The van der Waals surface area contributed by atoms with Crippen LogP contribution in [0.15, 0.2) is 27.6 Å². The van der Waals surface area contributed by atoms with Crippen LogP contribution in [0.25, 0.3) is 11.5 Å². The summed E-state index contributed by atoms with van der Waals surface area (Å²) in [5, 5.41) is 9.25. The van der Waals surface area contributed by atoms with Crippen LogP contribution in [0.3, 0.4) is 0 Å². The molecule has 1 fully saturated rings. The lowest BCUT2D eigenvalue weighted by Crippen LogP contribution is -2.40. The van der Waals surface area contributed by atoms with Gasteiger partial charge in [-0.25, -0.2) is 4.98 Å². The highest BCUT2D eigenvalue weighted by Crippen LogP contribution is 2.22. The highest BCUT2D eigenvalue weighted by atomic mass is 16.5. The first kappa shape index (κ1) is 13.4. The van der Waals surface area contributed by atoms with Crippen molar-refractivity contribution >= 4 is 5.95 Å². The van der Waals surface area contributed by atoms with Gasteiger partial charge in [-0.15, -0.1) is 0 Å². The summed E-state index contributed by atoms with van der Waals surface area (Å²) in [5.41, 5.74) is -0.100. The number of nitriles is 1. The Hall–Kier alpha value is -2.59. The second-order valence-electron chi connectivity index (χ2n) is 4.69. The summed E-state index contributed by atoms with van der Waals surface area (Å²) in [6.45, 7) is 2.49. The molecule has 1 saturated heterocycles. The van der Waals surface area contributed by atoms with Gasteiger partial charge in [0.2, 0.25) is 5.95 Å². The van der Waals surface area contributed by atoms with Crippen molar-refractivity contribution in [1.29, 1.82) is 5.26 Å². The molecule has 0 saturated carbocycles. The zero-order valence-electron chi connectivity index (χ0n) is 11.6. The van der Waals surface area contributed by atoms with Crippen molar-refractivity contribution in [2.24, 2.45) is 7.05 Å². The minimum Gasteiger partial charge on any atom is -0.463 e. The van der Waals surface area contributed by atoms with E-state index in [1.165, 1.54) is 10.8 Å². The summed E-state index contributed by atoms with van der Waals surface area (Å²) in [6.07, 6.45) is 1.49. The average molecular weight is 286 g/mol. The predicted molar refractivity (Wildman–Crippen MR) is 74.9 cm³/mol. The molecule has 1 aliphatic rings. The van der Waals surface area contributed by atoms with Gasteiger partial charge < -0.3 is 14.1 Å². The summed E-state index contributed by atoms with van der Waals surface area (Å²) in [4.78, 5) is 18.8. The van der Waals surface area contributed by atoms with Gasteiger partial charge in [0, 0.05) is 20.1 Å². The van der Waals surface area contributed by atoms with E-state index in [1.807, 2.05) is 11.0 Å². The highest BCUT2D eigenvalue weighted by Gasteiger charge is 2.22. The minimum absolute atomic E-state index is 0.00976.